The molecule has 1 saturated carbocycles. The van der Waals surface area contributed by atoms with Crippen molar-refractivity contribution in [1.82, 2.24) is 20.0 Å². The summed E-state index contributed by atoms with van der Waals surface area (Å²) in [5.74, 6) is 1.16. The van der Waals surface area contributed by atoms with Crippen molar-refractivity contribution in [2.75, 3.05) is 38.5 Å². The summed E-state index contributed by atoms with van der Waals surface area (Å²) in [5.41, 5.74) is 5.73. The van der Waals surface area contributed by atoms with Crippen LogP contribution in [0.4, 0.5) is 5.82 Å². The Morgan fingerprint density at radius 1 is 1.06 bits per heavy atom. The molecule has 1 saturated heterocycles. The Kier molecular flexibility index (Phi) is 6.06. The lowest BCUT2D eigenvalue weighted by Gasteiger charge is -2.32. The average Bonchev–Trinajstić information content (AvgIpc) is 3.55. The molecule has 1 amide bonds. The maximum atomic E-state index is 12.7. The summed E-state index contributed by atoms with van der Waals surface area (Å²) >= 11 is 0. The van der Waals surface area contributed by atoms with Crippen molar-refractivity contribution in [1.29, 1.82) is 0 Å². The van der Waals surface area contributed by atoms with Gasteiger partial charge < -0.3 is 10.2 Å². The van der Waals surface area contributed by atoms with Crippen LogP contribution < -0.4 is 5.32 Å². The number of amides is 1. The van der Waals surface area contributed by atoms with Crippen LogP contribution >= 0.6 is 0 Å². The van der Waals surface area contributed by atoms with Gasteiger partial charge in [-0.3, -0.25) is 14.8 Å². The number of hydrogen-bond acceptors (Lipinski definition) is 4. The molecule has 5 rings (SSSR count). The fourth-order valence-corrected chi connectivity index (χ4v) is 4.37. The smallest absolute Gasteiger partial charge is 0.230 e. The van der Waals surface area contributed by atoms with Gasteiger partial charge in [-0.1, -0.05) is 48.5 Å². The van der Waals surface area contributed by atoms with Crippen molar-refractivity contribution < 1.29 is 4.79 Å². The Hall–Kier alpha value is -2.96. The highest BCUT2D eigenvalue weighted by molar-refractivity contribution is 5.92. The molecule has 32 heavy (non-hydrogen) atoms. The highest BCUT2D eigenvalue weighted by Crippen LogP contribution is 2.39. The molecule has 3 aromatic rings. The maximum absolute atomic E-state index is 12.7. The Morgan fingerprint density at radius 2 is 1.81 bits per heavy atom. The zero-order valence-corrected chi connectivity index (χ0v) is 18.7. The molecular weight excluding hydrogens is 398 g/mol. The number of H-pyrrole nitrogens is 1. The van der Waals surface area contributed by atoms with Gasteiger partial charge in [-0.25, -0.2) is 0 Å². The van der Waals surface area contributed by atoms with Gasteiger partial charge in [-0.05, 0) is 42.1 Å². The summed E-state index contributed by atoms with van der Waals surface area (Å²) in [7, 11) is 2.18. The number of aromatic nitrogens is 2. The summed E-state index contributed by atoms with van der Waals surface area (Å²) < 4.78 is 0. The Morgan fingerprint density at radius 3 is 2.56 bits per heavy atom. The summed E-state index contributed by atoms with van der Waals surface area (Å²) in [4.78, 5) is 17.6. The molecule has 6 nitrogen and oxygen atoms in total. The molecule has 0 bridgehead atoms. The minimum Gasteiger partial charge on any atom is -0.309 e. The van der Waals surface area contributed by atoms with E-state index in [-0.39, 0.29) is 5.91 Å². The molecule has 2 aromatic carbocycles. The number of hydrogen-bond donors (Lipinski definition) is 2. The zero-order chi connectivity index (χ0) is 21.9. The van der Waals surface area contributed by atoms with Crippen LogP contribution in [0, 0.1) is 0 Å². The van der Waals surface area contributed by atoms with Gasteiger partial charge in [0.1, 0.15) is 0 Å². The van der Waals surface area contributed by atoms with Crippen LogP contribution in [0.3, 0.4) is 0 Å². The van der Waals surface area contributed by atoms with Gasteiger partial charge in [0, 0.05) is 50.4 Å². The van der Waals surface area contributed by atoms with E-state index in [0.717, 1.165) is 55.1 Å². The lowest BCUT2D eigenvalue weighted by atomic mass is 9.96. The molecule has 0 unspecified atom stereocenters. The number of nitrogens with one attached hydrogen (secondary N) is 2. The Balaban J connectivity index is 1.23. The van der Waals surface area contributed by atoms with E-state index in [1.165, 1.54) is 18.4 Å². The highest BCUT2D eigenvalue weighted by atomic mass is 16.1. The van der Waals surface area contributed by atoms with Gasteiger partial charge in [0.15, 0.2) is 5.82 Å². The third-order valence-electron chi connectivity index (χ3n) is 6.52. The largest absolute Gasteiger partial charge is 0.309 e. The molecule has 1 aromatic heterocycles. The molecule has 2 heterocycles. The highest BCUT2D eigenvalue weighted by Gasteiger charge is 2.25. The van der Waals surface area contributed by atoms with Gasteiger partial charge in [0.05, 0.1) is 6.42 Å². The van der Waals surface area contributed by atoms with Crippen molar-refractivity contribution in [2.45, 2.75) is 31.7 Å². The first-order valence-corrected chi connectivity index (χ1v) is 11.6. The SMILES string of the molecule is CN1CCN(Cc2ccc(-c3ccccc3CC(=O)Nc3cc(C4CC4)[nH]n3)cc2)CC1. The Bertz CT molecular complexity index is 1060. The van der Waals surface area contributed by atoms with Crippen molar-refractivity contribution in [2.24, 2.45) is 0 Å². The van der Waals surface area contributed by atoms with E-state index >= 15 is 0 Å². The zero-order valence-electron chi connectivity index (χ0n) is 18.7. The molecule has 6 heteroatoms. The normalized spacial score (nSPS) is 17.4. The average molecular weight is 430 g/mol. The lowest BCUT2D eigenvalue weighted by molar-refractivity contribution is -0.115. The number of benzene rings is 2. The molecule has 0 atom stereocenters. The van der Waals surface area contributed by atoms with E-state index in [1.807, 2.05) is 24.3 Å². The van der Waals surface area contributed by atoms with E-state index in [4.69, 9.17) is 0 Å². The van der Waals surface area contributed by atoms with Crippen molar-refractivity contribution in [3.05, 3.63) is 71.4 Å². The summed E-state index contributed by atoms with van der Waals surface area (Å²) in [6.07, 6.45) is 2.74. The Labute approximate surface area is 189 Å². The molecule has 0 radical (unpaired) electrons. The van der Waals surface area contributed by atoms with Gasteiger partial charge in [0.2, 0.25) is 5.91 Å². The minimum atomic E-state index is -0.0435. The topological polar surface area (TPSA) is 64.3 Å². The van der Waals surface area contributed by atoms with Crippen LogP contribution in [-0.4, -0.2) is 59.1 Å². The quantitative estimate of drug-likeness (QED) is 0.598. The van der Waals surface area contributed by atoms with Gasteiger partial charge in [0.25, 0.3) is 0 Å². The van der Waals surface area contributed by atoms with Crippen LogP contribution in [0.25, 0.3) is 11.1 Å². The molecule has 1 aliphatic carbocycles. The molecular formula is C26H31N5O. The number of nitrogens with zero attached hydrogens (tertiary/aromatic N) is 3. The number of aromatic amines is 1. The van der Waals surface area contributed by atoms with Gasteiger partial charge in [-0.2, -0.15) is 5.10 Å². The molecule has 166 valence electrons. The van der Waals surface area contributed by atoms with E-state index < -0.39 is 0 Å². The molecule has 1 aliphatic heterocycles. The second-order valence-corrected chi connectivity index (χ2v) is 9.14. The molecule has 0 spiro atoms. The number of anilines is 1. The van der Waals surface area contributed by atoms with Crippen molar-refractivity contribution in [3.8, 4) is 11.1 Å². The maximum Gasteiger partial charge on any atom is 0.230 e. The van der Waals surface area contributed by atoms with Gasteiger partial charge in [-0.15, -0.1) is 0 Å². The molecule has 2 N–H and O–H groups in total. The third-order valence-corrected chi connectivity index (χ3v) is 6.52. The molecule has 2 fully saturated rings. The predicted octanol–water partition coefficient (Wildman–Crippen LogP) is 3.88. The van der Waals surface area contributed by atoms with Gasteiger partial charge >= 0.3 is 0 Å². The fourth-order valence-electron chi connectivity index (χ4n) is 4.37. The van der Waals surface area contributed by atoms with Crippen molar-refractivity contribution in [3.63, 3.8) is 0 Å². The number of carbonyl (C=O) groups is 1. The van der Waals surface area contributed by atoms with Crippen LogP contribution in [0.2, 0.25) is 0 Å². The summed E-state index contributed by atoms with van der Waals surface area (Å²) in [6, 6.07) is 18.9. The minimum absolute atomic E-state index is 0.0435. The second-order valence-electron chi connectivity index (χ2n) is 9.14. The number of piperazine rings is 1. The van der Waals surface area contributed by atoms with Crippen LogP contribution in [0.1, 0.15) is 35.6 Å². The first kappa shape index (κ1) is 20.9. The molecule has 2 aliphatic rings. The number of rotatable bonds is 7. The number of carbonyl (C=O) groups excluding carboxylic acids is 1. The lowest BCUT2D eigenvalue weighted by Crippen LogP contribution is -2.43. The van der Waals surface area contributed by atoms with E-state index in [9.17, 15) is 4.79 Å². The standard InChI is InChI=1S/C26H31N5O/c1-30-12-14-31(15-13-30)18-19-6-8-20(9-7-19)23-5-3-2-4-22(23)16-26(32)27-25-17-24(28-29-25)21-10-11-21/h2-9,17,21H,10-16,18H2,1H3,(H2,27,28,29,32). The van der Waals surface area contributed by atoms with Crippen molar-refractivity contribution >= 4 is 11.7 Å². The van der Waals surface area contributed by atoms with Crippen LogP contribution in [-0.2, 0) is 17.8 Å². The second kappa shape index (κ2) is 9.27. The first-order chi connectivity index (χ1) is 15.6. The number of likely N-dealkylation sites (N-methyl/N-ethyl adjacent to an activating group) is 1. The predicted molar refractivity (Wildman–Crippen MR) is 128 cm³/mol. The summed E-state index contributed by atoms with van der Waals surface area (Å²) in [5, 5.41) is 10.2. The van der Waals surface area contributed by atoms with E-state index in [2.05, 4.69) is 62.7 Å². The van der Waals surface area contributed by atoms with E-state index in [0.29, 0.717) is 18.2 Å². The monoisotopic (exact) mass is 429 g/mol. The fraction of sp³-hybridized carbons (Fsp3) is 0.385. The summed E-state index contributed by atoms with van der Waals surface area (Å²) in [6.45, 7) is 5.49. The third kappa shape index (κ3) is 5.09. The van der Waals surface area contributed by atoms with E-state index in [1.54, 1.807) is 0 Å². The first-order valence-electron chi connectivity index (χ1n) is 11.6. The van der Waals surface area contributed by atoms with Crippen LogP contribution in [0.15, 0.2) is 54.6 Å². The van der Waals surface area contributed by atoms with Crippen LogP contribution in [0.5, 0.6) is 0 Å².